The fourth-order valence-electron chi connectivity index (χ4n) is 2.19. The maximum atomic E-state index is 10.1. The summed E-state index contributed by atoms with van der Waals surface area (Å²) in [6, 6.07) is 0. The minimum absolute atomic E-state index is 0.0184. The van der Waals surface area contributed by atoms with Gasteiger partial charge in [-0.25, -0.2) is 0 Å². The Morgan fingerprint density at radius 2 is 2.36 bits per heavy atom. The van der Waals surface area contributed by atoms with E-state index in [-0.39, 0.29) is 12.2 Å². The molecular weight excluding hydrogens is 178 g/mol. The maximum Gasteiger partial charge on any atom is 0.0841 e. The van der Waals surface area contributed by atoms with E-state index in [9.17, 15) is 5.11 Å². The summed E-state index contributed by atoms with van der Waals surface area (Å²) in [4.78, 5) is 0. The SMILES string of the molecule is CCCC(OC)C(O)[C@@H]1CCCNC1. The highest BCUT2D eigenvalue weighted by molar-refractivity contribution is 4.81. The van der Waals surface area contributed by atoms with E-state index >= 15 is 0 Å². The number of hydrogen-bond donors (Lipinski definition) is 2. The molecule has 1 saturated heterocycles. The van der Waals surface area contributed by atoms with Crippen LogP contribution in [0.1, 0.15) is 32.6 Å². The Labute approximate surface area is 86.8 Å². The van der Waals surface area contributed by atoms with Crippen molar-refractivity contribution in [2.45, 2.75) is 44.8 Å². The lowest BCUT2D eigenvalue weighted by molar-refractivity contribution is -0.0499. The summed E-state index contributed by atoms with van der Waals surface area (Å²) in [5, 5.41) is 13.4. The van der Waals surface area contributed by atoms with Gasteiger partial charge in [-0.1, -0.05) is 13.3 Å². The van der Waals surface area contributed by atoms with Crippen molar-refractivity contribution in [1.82, 2.24) is 5.32 Å². The Morgan fingerprint density at radius 3 is 2.86 bits per heavy atom. The van der Waals surface area contributed by atoms with Crippen molar-refractivity contribution >= 4 is 0 Å². The van der Waals surface area contributed by atoms with Gasteiger partial charge in [0.2, 0.25) is 0 Å². The molecule has 2 N–H and O–H groups in total. The number of aliphatic hydroxyl groups is 1. The second-order valence-corrected chi connectivity index (χ2v) is 4.16. The van der Waals surface area contributed by atoms with Gasteiger partial charge in [0.15, 0.2) is 0 Å². The Morgan fingerprint density at radius 1 is 1.57 bits per heavy atom. The van der Waals surface area contributed by atoms with Gasteiger partial charge in [0.05, 0.1) is 12.2 Å². The second-order valence-electron chi connectivity index (χ2n) is 4.16. The Balaban J connectivity index is 2.38. The fraction of sp³-hybridized carbons (Fsp3) is 1.00. The molecule has 0 aliphatic carbocycles. The van der Waals surface area contributed by atoms with Crippen LogP contribution in [0.2, 0.25) is 0 Å². The van der Waals surface area contributed by atoms with Crippen LogP contribution in [-0.4, -0.2) is 37.5 Å². The highest BCUT2D eigenvalue weighted by Gasteiger charge is 2.28. The summed E-state index contributed by atoms with van der Waals surface area (Å²) in [6.45, 7) is 4.15. The molecule has 0 aromatic rings. The zero-order valence-electron chi connectivity index (χ0n) is 9.33. The molecule has 2 unspecified atom stereocenters. The average Bonchev–Trinajstić information content (AvgIpc) is 2.26. The first-order chi connectivity index (χ1) is 6.79. The van der Waals surface area contributed by atoms with Gasteiger partial charge in [0, 0.05) is 13.7 Å². The van der Waals surface area contributed by atoms with Crippen molar-refractivity contribution in [3.8, 4) is 0 Å². The summed E-state index contributed by atoms with van der Waals surface area (Å²) < 4.78 is 5.33. The molecular formula is C11H23NO2. The first-order valence-electron chi connectivity index (χ1n) is 5.71. The molecule has 84 valence electrons. The van der Waals surface area contributed by atoms with Crippen LogP contribution in [-0.2, 0) is 4.74 Å². The summed E-state index contributed by atoms with van der Waals surface area (Å²) in [6.07, 6.45) is 4.03. The topological polar surface area (TPSA) is 41.5 Å². The highest BCUT2D eigenvalue weighted by atomic mass is 16.5. The zero-order valence-corrected chi connectivity index (χ0v) is 9.33. The van der Waals surface area contributed by atoms with Gasteiger partial charge in [-0.05, 0) is 31.7 Å². The molecule has 1 aliphatic heterocycles. The van der Waals surface area contributed by atoms with Gasteiger partial charge in [-0.3, -0.25) is 0 Å². The number of methoxy groups -OCH3 is 1. The lowest BCUT2D eigenvalue weighted by atomic mass is 9.89. The molecule has 3 nitrogen and oxygen atoms in total. The summed E-state index contributed by atoms with van der Waals surface area (Å²) in [5.41, 5.74) is 0. The highest BCUT2D eigenvalue weighted by Crippen LogP contribution is 2.20. The summed E-state index contributed by atoms with van der Waals surface area (Å²) in [5.74, 6) is 0.375. The summed E-state index contributed by atoms with van der Waals surface area (Å²) in [7, 11) is 1.69. The first-order valence-corrected chi connectivity index (χ1v) is 5.71. The van der Waals surface area contributed by atoms with Crippen LogP contribution in [0, 0.1) is 5.92 Å². The molecule has 0 bridgehead atoms. The molecule has 1 fully saturated rings. The van der Waals surface area contributed by atoms with Crippen LogP contribution in [0.3, 0.4) is 0 Å². The molecule has 0 spiro atoms. The monoisotopic (exact) mass is 201 g/mol. The Hall–Kier alpha value is -0.120. The van der Waals surface area contributed by atoms with Crippen molar-refractivity contribution in [2.24, 2.45) is 5.92 Å². The second kappa shape index (κ2) is 6.38. The number of rotatable bonds is 5. The van der Waals surface area contributed by atoms with E-state index in [1.165, 1.54) is 6.42 Å². The van der Waals surface area contributed by atoms with Crippen LogP contribution in [0.4, 0.5) is 0 Å². The number of piperidine rings is 1. The molecule has 14 heavy (non-hydrogen) atoms. The van der Waals surface area contributed by atoms with E-state index < -0.39 is 0 Å². The molecule has 3 heteroatoms. The van der Waals surface area contributed by atoms with E-state index in [0.717, 1.165) is 32.4 Å². The fourth-order valence-corrected chi connectivity index (χ4v) is 2.19. The minimum Gasteiger partial charge on any atom is -0.390 e. The van der Waals surface area contributed by atoms with E-state index in [1.54, 1.807) is 7.11 Å². The average molecular weight is 201 g/mol. The third-order valence-corrected chi connectivity index (χ3v) is 3.07. The summed E-state index contributed by atoms with van der Waals surface area (Å²) >= 11 is 0. The number of nitrogens with one attached hydrogen (secondary N) is 1. The Bertz CT molecular complexity index is 141. The van der Waals surface area contributed by atoms with E-state index in [0.29, 0.717) is 5.92 Å². The van der Waals surface area contributed by atoms with Gasteiger partial charge in [0.25, 0.3) is 0 Å². The molecule has 3 atom stereocenters. The van der Waals surface area contributed by atoms with Crippen LogP contribution in [0.25, 0.3) is 0 Å². The standard InChI is InChI=1S/C11H23NO2/c1-3-5-10(14-2)11(13)9-6-4-7-12-8-9/h9-13H,3-8H2,1-2H3/t9-,10?,11?/m1/s1. The zero-order chi connectivity index (χ0) is 10.4. The predicted octanol–water partition coefficient (Wildman–Crippen LogP) is 1.16. The quantitative estimate of drug-likeness (QED) is 0.701. The van der Waals surface area contributed by atoms with Gasteiger partial charge in [-0.2, -0.15) is 0 Å². The third-order valence-electron chi connectivity index (χ3n) is 3.07. The number of ether oxygens (including phenoxy) is 1. The largest absolute Gasteiger partial charge is 0.390 e. The third kappa shape index (κ3) is 3.23. The van der Waals surface area contributed by atoms with Crippen LogP contribution < -0.4 is 5.32 Å². The van der Waals surface area contributed by atoms with Crippen molar-refractivity contribution in [3.63, 3.8) is 0 Å². The minimum atomic E-state index is -0.298. The Kier molecular flexibility index (Phi) is 5.45. The van der Waals surface area contributed by atoms with E-state index in [2.05, 4.69) is 12.2 Å². The van der Waals surface area contributed by atoms with Crippen molar-refractivity contribution < 1.29 is 9.84 Å². The van der Waals surface area contributed by atoms with Crippen molar-refractivity contribution in [2.75, 3.05) is 20.2 Å². The van der Waals surface area contributed by atoms with E-state index in [1.807, 2.05) is 0 Å². The van der Waals surface area contributed by atoms with Gasteiger partial charge >= 0.3 is 0 Å². The normalized spacial score (nSPS) is 27.2. The van der Waals surface area contributed by atoms with Gasteiger partial charge in [-0.15, -0.1) is 0 Å². The first kappa shape index (κ1) is 12.0. The predicted molar refractivity (Wildman–Crippen MR) is 57.3 cm³/mol. The number of aliphatic hydroxyl groups excluding tert-OH is 1. The molecule has 0 radical (unpaired) electrons. The molecule has 1 rings (SSSR count). The van der Waals surface area contributed by atoms with Crippen LogP contribution in [0.15, 0.2) is 0 Å². The van der Waals surface area contributed by atoms with Crippen molar-refractivity contribution in [3.05, 3.63) is 0 Å². The lowest BCUT2D eigenvalue weighted by Gasteiger charge is -2.31. The lowest BCUT2D eigenvalue weighted by Crippen LogP contribution is -2.43. The van der Waals surface area contributed by atoms with E-state index in [4.69, 9.17) is 4.74 Å². The van der Waals surface area contributed by atoms with Crippen LogP contribution in [0.5, 0.6) is 0 Å². The molecule has 1 heterocycles. The number of hydrogen-bond acceptors (Lipinski definition) is 3. The van der Waals surface area contributed by atoms with Gasteiger partial charge < -0.3 is 15.2 Å². The molecule has 0 aromatic heterocycles. The van der Waals surface area contributed by atoms with Crippen LogP contribution >= 0.6 is 0 Å². The maximum absolute atomic E-state index is 10.1. The smallest absolute Gasteiger partial charge is 0.0841 e. The van der Waals surface area contributed by atoms with Crippen molar-refractivity contribution in [1.29, 1.82) is 0 Å². The molecule has 1 aliphatic rings. The molecule has 0 amide bonds. The molecule has 0 aromatic carbocycles. The van der Waals surface area contributed by atoms with Gasteiger partial charge in [0.1, 0.15) is 0 Å². The molecule has 0 saturated carbocycles.